The van der Waals surface area contributed by atoms with E-state index in [0.29, 0.717) is 30.5 Å². The molecule has 2 saturated carbocycles. The second-order valence-electron chi connectivity index (χ2n) is 10.6. The molecule has 196 valence electrons. The van der Waals surface area contributed by atoms with E-state index in [0.717, 1.165) is 31.7 Å². The molecule has 0 radical (unpaired) electrons. The van der Waals surface area contributed by atoms with Gasteiger partial charge in [0, 0.05) is 30.3 Å². The number of hydrogen-bond acceptors (Lipinski definition) is 5. The van der Waals surface area contributed by atoms with Gasteiger partial charge >= 0.3 is 6.18 Å². The number of amides is 1. The molecular weight excluding hydrogens is 478 g/mol. The number of benzene rings is 1. The van der Waals surface area contributed by atoms with Crippen LogP contribution in [0.25, 0.3) is 0 Å². The average molecular weight is 510 g/mol. The molecule has 2 aromatic rings. The summed E-state index contributed by atoms with van der Waals surface area (Å²) in [6, 6.07) is 2.66. The zero-order valence-corrected chi connectivity index (χ0v) is 20.7. The number of fused-ring (bicyclic) bond motifs is 1. The first-order chi connectivity index (χ1) is 17.0. The Balaban J connectivity index is 1.32. The molecule has 1 amide bonds. The Morgan fingerprint density at radius 1 is 1.19 bits per heavy atom. The summed E-state index contributed by atoms with van der Waals surface area (Å²) < 4.78 is 65.8. The molecular formula is C26H31F4N3O3. The third kappa shape index (κ3) is 4.91. The molecule has 1 aromatic carbocycles. The number of nitrogens with zero attached hydrogens (tertiary/aromatic N) is 2. The van der Waals surface area contributed by atoms with Gasteiger partial charge in [0.15, 0.2) is 17.3 Å². The number of carbonyl (C=O) groups is 1. The Kier molecular flexibility index (Phi) is 6.19. The van der Waals surface area contributed by atoms with Crippen molar-refractivity contribution >= 4 is 17.6 Å². The molecule has 3 aliphatic rings. The minimum Gasteiger partial charge on any atom is -0.487 e. The lowest BCUT2D eigenvalue weighted by atomic mass is 9.75. The smallest absolute Gasteiger partial charge is 0.396 e. The zero-order chi connectivity index (χ0) is 25.8. The van der Waals surface area contributed by atoms with Crippen LogP contribution in [-0.2, 0) is 6.42 Å². The third-order valence-corrected chi connectivity index (χ3v) is 8.06. The number of hydrogen-bond donors (Lipinski definition) is 1. The van der Waals surface area contributed by atoms with E-state index < -0.39 is 35.8 Å². The van der Waals surface area contributed by atoms with Crippen molar-refractivity contribution in [3.63, 3.8) is 0 Å². The Hall–Kier alpha value is -2.78. The zero-order valence-electron chi connectivity index (χ0n) is 20.7. The van der Waals surface area contributed by atoms with Gasteiger partial charge in [-0.2, -0.15) is 18.2 Å². The van der Waals surface area contributed by atoms with Gasteiger partial charge in [-0.05, 0) is 62.5 Å². The van der Waals surface area contributed by atoms with E-state index in [1.807, 2.05) is 0 Å². The molecule has 10 heteroatoms. The third-order valence-electron chi connectivity index (χ3n) is 8.06. The fourth-order valence-corrected chi connectivity index (χ4v) is 5.61. The maximum absolute atomic E-state index is 14.9. The lowest BCUT2D eigenvalue weighted by Crippen LogP contribution is -2.56. The fourth-order valence-electron chi connectivity index (χ4n) is 5.61. The van der Waals surface area contributed by atoms with Crippen LogP contribution >= 0.6 is 0 Å². The molecule has 2 aliphatic carbocycles. The number of alkyl halides is 3. The summed E-state index contributed by atoms with van der Waals surface area (Å²) >= 11 is 0. The van der Waals surface area contributed by atoms with E-state index >= 15 is 0 Å². The fraction of sp³-hybridized carbons (Fsp3) is 0.615. The second kappa shape index (κ2) is 8.95. The number of ether oxygens (including phenoxy) is 1. The van der Waals surface area contributed by atoms with Crippen molar-refractivity contribution in [1.29, 1.82) is 0 Å². The highest BCUT2D eigenvalue weighted by atomic mass is 19.4. The molecule has 2 unspecified atom stereocenters. The Labute approximate surface area is 207 Å². The van der Waals surface area contributed by atoms with Crippen molar-refractivity contribution in [1.82, 2.24) is 4.98 Å². The molecule has 1 N–H and O–H groups in total. The van der Waals surface area contributed by atoms with Crippen molar-refractivity contribution in [2.24, 2.45) is 17.3 Å². The monoisotopic (exact) mass is 509 g/mol. The first kappa shape index (κ1) is 24.9. The summed E-state index contributed by atoms with van der Waals surface area (Å²) in [6.45, 7) is 7.00. The topological polar surface area (TPSA) is 67.6 Å². The quantitative estimate of drug-likeness (QED) is 0.424. The highest BCUT2D eigenvalue weighted by Crippen LogP contribution is 2.52. The number of halogens is 4. The number of carbonyl (C=O) groups excluding carboxylic acids is 1. The summed E-state index contributed by atoms with van der Waals surface area (Å²) in [5, 5.41) is 2.49. The van der Waals surface area contributed by atoms with Crippen LogP contribution in [-0.4, -0.2) is 36.3 Å². The summed E-state index contributed by atoms with van der Waals surface area (Å²) in [4.78, 5) is 18.8. The lowest BCUT2D eigenvalue weighted by Gasteiger charge is -2.49. The molecule has 2 heterocycles. The highest BCUT2D eigenvalue weighted by molar-refractivity contribution is 6.04. The van der Waals surface area contributed by atoms with E-state index in [2.05, 4.69) is 24.1 Å². The summed E-state index contributed by atoms with van der Waals surface area (Å²) in [6.07, 6.45) is -1.09. The van der Waals surface area contributed by atoms with Crippen LogP contribution < -0.4 is 15.0 Å². The van der Waals surface area contributed by atoms with Crippen LogP contribution in [0.1, 0.15) is 67.8 Å². The molecule has 6 nitrogen and oxygen atoms in total. The van der Waals surface area contributed by atoms with E-state index in [1.165, 1.54) is 6.42 Å². The van der Waals surface area contributed by atoms with Gasteiger partial charge in [0.25, 0.3) is 11.9 Å². The van der Waals surface area contributed by atoms with Crippen LogP contribution in [0.2, 0.25) is 0 Å². The maximum atomic E-state index is 14.9. The van der Waals surface area contributed by atoms with Crippen LogP contribution in [0.5, 0.6) is 5.75 Å². The summed E-state index contributed by atoms with van der Waals surface area (Å²) in [5.74, 6) is -0.548. The first-order valence-electron chi connectivity index (χ1n) is 12.6. The van der Waals surface area contributed by atoms with Gasteiger partial charge in [0.2, 0.25) is 0 Å². The van der Waals surface area contributed by atoms with E-state index in [1.54, 1.807) is 17.9 Å². The Bertz CT molecular complexity index is 1120. The number of nitrogens with one attached hydrogen (secondary N) is 1. The maximum Gasteiger partial charge on any atom is 0.396 e. The SMILES string of the molecule is CCC1(CC)CN(c2nc(C(=O)Nc3cc(C)c(OC4CC5CC5C4)c(F)c3)c(CC(F)(F)F)o2)C1. The van der Waals surface area contributed by atoms with Gasteiger partial charge in [-0.3, -0.25) is 4.79 Å². The molecule has 0 spiro atoms. The van der Waals surface area contributed by atoms with Crippen LogP contribution in [0, 0.1) is 30.0 Å². The van der Waals surface area contributed by atoms with Gasteiger partial charge < -0.3 is 19.4 Å². The normalized spacial score (nSPS) is 24.3. The number of aromatic nitrogens is 1. The van der Waals surface area contributed by atoms with E-state index in [4.69, 9.17) is 9.15 Å². The molecule has 0 bridgehead atoms. The van der Waals surface area contributed by atoms with Gasteiger partial charge in [-0.1, -0.05) is 13.8 Å². The molecule has 1 aliphatic heterocycles. The van der Waals surface area contributed by atoms with Gasteiger partial charge in [-0.15, -0.1) is 0 Å². The Morgan fingerprint density at radius 3 is 2.44 bits per heavy atom. The second-order valence-corrected chi connectivity index (χ2v) is 10.6. The molecule has 36 heavy (non-hydrogen) atoms. The van der Waals surface area contributed by atoms with Gasteiger partial charge in [0.1, 0.15) is 12.2 Å². The molecule has 5 rings (SSSR count). The molecule has 1 aromatic heterocycles. The molecule has 3 fully saturated rings. The minimum atomic E-state index is -4.58. The standard InChI is InChI=1S/C26H31F4N3O3/c1-4-25(5-2)12-33(13-25)24-32-21(20(36-24)11-26(28,29)30)23(34)31-17-6-14(3)22(19(27)10-17)35-18-8-15-7-16(15)9-18/h6,10,15-16,18H,4-5,7-9,11-13H2,1-3H3,(H,31,34). The molecule has 2 atom stereocenters. The lowest BCUT2D eigenvalue weighted by molar-refractivity contribution is -0.130. The van der Waals surface area contributed by atoms with Gasteiger partial charge in [0.05, 0.1) is 6.10 Å². The predicted octanol–water partition coefficient (Wildman–Crippen LogP) is 6.28. The van der Waals surface area contributed by atoms with Crippen molar-refractivity contribution in [2.45, 2.75) is 71.6 Å². The van der Waals surface area contributed by atoms with Crippen molar-refractivity contribution in [2.75, 3.05) is 23.3 Å². The minimum absolute atomic E-state index is 0.00218. The highest BCUT2D eigenvalue weighted by Gasteiger charge is 2.47. The van der Waals surface area contributed by atoms with Gasteiger partial charge in [-0.25, -0.2) is 4.39 Å². The van der Waals surface area contributed by atoms with Crippen LogP contribution in [0.4, 0.5) is 29.3 Å². The first-order valence-corrected chi connectivity index (χ1v) is 12.6. The Morgan fingerprint density at radius 2 is 1.86 bits per heavy atom. The van der Waals surface area contributed by atoms with Crippen molar-refractivity contribution in [3.8, 4) is 5.75 Å². The van der Waals surface area contributed by atoms with Crippen molar-refractivity contribution < 1.29 is 31.5 Å². The number of oxazole rings is 1. The number of rotatable bonds is 8. The van der Waals surface area contributed by atoms with E-state index in [9.17, 15) is 22.4 Å². The largest absolute Gasteiger partial charge is 0.487 e. The van der Waals surface area contributed by atoms with Crippen molar-refractivity contribution in [3.05, 3.63) is 35.0 Å². The van der Waals surface area contributed by atoms with E-state index in [-0.39, 0.29) is 29.0 Å². The van der Waals surface area contributed by atoms with Crippen LogP contribution in [0.15, 0.2) is 16.5 Å². The summed E-state index contributed by atoms with van der Waals surface area (Å²) in [7, 11) is 0. The summed E-state index contributed by atoms with van der Waals surface area (Å²) in [5.41, 5.74) is 0.229. The molecule has 1 saturated heterocycles. The number of aryl methyl sites for hydroxylation is 1. The number of anilines is 2. The predicted molar refractivity (Wildman–Crippen MR) is 126 cm³/mol. The average Bonchev–Trinajstić information content (AvgIpc) is 3.17. The van der Waals surface area contributed by atoms with Crippen LogP contribution in [0.3, 0.4) is 0 Å².